The summed E-state index contributed by atoms with van der Waals surface area (Å²) in [6.07, 6.45) is 5.16. The number of pyridine rings is 1. The van der Waals surface area contributed by atoms with Crippen molar-refractivity contribution in [2.24, 2.45) is 18.7 Å². The van der Waals surface area contributed by atoms with Gasteiger partial charge in [-0.05, 0) is 31.0 Å². The van der Waals surface area contributed by atoms with E-state index in [1.807, 2.05) is 6.20 Å². The van der Waals surface area contributed by atoms with E-state index in [9.17, 15) is 0 Å². The molecule has 1 saturated heterocycles. The van der Waals surface area contributed by atoms with Gasteiger partial charge in [-0.3, -0.25) is 4.98 Å². The third kappa shape index (κ3) is 1.69. The predicted molar refractivity (Wildman–Crippen MR) is 70.1 cm³/mol. The van der Waals surface area contributed by atoms with E-state index in [0.29, 0.717) is 5.92 Å². The average molecular weight is 230 g/mol. The topological polar surface area (TPSA) is 47.1 Å². The molecule has 0 aromatic carbocycles. The van der Waals surface area contributed by atoms with Crippen molar-refractivity contribution in [3.63, 3.8) is 0 Å². The zero-order valence-electron chi connectivity index (χ0n) is 10.1. The average Bonchev–Trinajstić information content (AvgIpc) is 2.96. The molecule has 0 radical (unpaired) electrons. The molecule has 0 bridgehead atoms. The molecule has 90 valence electrons. The summed E-state index contributed by atoms with van der Waals surface area (Å²) in [5, 5.41) is 0. The Morgan fingerprint density at radius 2 is 2.35 bits per heavy atom. The number of fused-ring (bicyclic) bond motifs is 1. The van der Waals surface area contributed by atoms with Crippen LogP contribution < -0.4 is 10.6 Å². The third-order valence-corrected chi connectivity index (χ3v) is 3.70. The van der Waals surface area contributed by atoms with E-state index in [0.717, 1.165) is 25.2 Å². The monoisotopic (exact) mass is 230 g/mol. The minimum atomic E-state index is 0.637. The summed E-state index contributed by atoms with van der Waals surface area (Å²) >= 11 is 0. The smallest absolute Gasteiger partial charge is 0.0903 e. The molecule has 0 amide bonds. The molecule has 1 unspecified atom stereocenters. The molecule has 4 nitrogen and oxygen atoms in total. The molecule has 0 spiro atoms. The molecule has 1 fully saturated rings. The lowest BCUT2D eigenvalue weighted by Gasteiger charge is -2.20. The van der Waals surface area contributed by atoms with Crippen LogP contribution in [0.3, 0.4) is 0 Å². The van der Waals surface area contributed by atoms with Crippen LogP contribution in [0.1, 0.15) is 6.42 Å². The summed E-state index contributed by atoms with van der Waals surface area (Å²) in [6.45, 7) is 2.96. The SMILES string of the molecule is Cn1ccc2nccc(N3CCC(CN)C3)c21. The van der Waals surface area contributed by atoms with Crippen molar-refractivity contribution in [2.75, 3.05) is 24.5 Å². The molecule has 2 aromatic rings. The van der Waals surface area contributed by atoms with E-state index in [-0.39, 0.29) is 0 Å². The normalized spacial score (nSPS) is 20.4. The number of rotatable bonds is 2. The first kappa shape index (κ1) is 10.6. The Morgan fingerprint density at radius 3 is 3.12 bits per heavy atom. The molecular formula is C13H18N4. The second-order valence-corrected chi connectivity index (χ2v) is 4.83. The predicted octanol–water partition coefficient (Wildman–Crippen LogP) is 1.36. The lowest BCUT2D eigenvalue weighted by Crippen LogP contribution is -2.23. The highest BCUT2D eigenvalue weighted by Gasteiger charge is 2.23. The molecule has 2 aromatic heterocycles. The van der Waals surface area contributed by atoms with E-state index in [1.165, 1.54) is 17.6 Å². The van der Waals surface area contributed by atoms with Gasteiger partial charge < -0.3 is 15.2 Å². The van der Waals surface area contributed by atoms with Gasteiger partial charge in [0.25, 0.3) is 0 Å². The van der Waals surface area contributed by atoms with Crippen LogP contribution in [-0.2, 0) is 7.05 Å². The van der Waals surface area contributed by atoms with Crippen molar-refractivity contribution in [3.8, 4) is 0 Å². The zero-order chi connectivity index (χ0) is 11.8. The summed E-state index contributed by atoms with van der Waals surface area (Å²) < 4.78 is 2.15. The highest BCUT2D eigenvalue weighted by molar-refractivity contribution is 5.89. The van der Waals surface area contributed by atoms with Gasteiger partial charge in [0, 0.05) is 32.5 Å². The first-order valence-electron chi connectivity index (χ1n) is 6.14. The summed E-state index contributed by atoms with van der Waals surface area (Å²) in [7, 11) is 2.07. The van der Waals surface area contributed by atoms with E-state index >= 15 is 0 Å². The fourth-order valence-electron chi connectivity index (χ4n) is 2.70. The Kier molecular flexibility index (Phi) is 2.52. The molecule has 1 atom stereocenters. The summed E-state index contributed by atoms with van der Waals surface area (Å²) in [5.41, 5.74) is 9.34. The Labute approximate surface area is 101 Å². The van der Waals surface area contributed by atoms with Gasteiger partial charge in [0.1, 0.15) is 0 Å². The zero-order valence-corrected chi connectivity index (χ0v) is 10.1. The number of nitrogens with two attached hydrogens (primary N) is 1. The van der Waals surface area contributed by atoms with E-state index < -0.39 is 0 Å². The van der Waals surface area contributed by atoms with Crippen LogP contribution in [0, 0.1) is 5.92 Å². The molecule has 1 aliphatic heterocycles. The van der Waals surface area contributed by atoms with E-state index in [2.05, 4.69) is 39.8 Å². The number of anilines is 1. The Morgan fingerprint density at radius 1 is 1.47 bits per heavy atom. The van der Waals surface area contributed by atoms with Gasteiger partial charge in [0.05, 0.1) is 16.7 Å². The van der Waals surface area contributed by atoms with Crippen LogP contribution in [0.15, 0.2) is 24.5 Å². The van der Waals surface area contributed by atoms with E-state index in [1.54, 1.807) is 0 Å². The van der Waals surface area contributed by atoms with Crippen molar-refractivity contribution < 1.29 is 0 Å². The summed E-state index contributed by atoms with van der Waals surface area (Å²) in [4.78, 5) is 6.83. The Bertz CT molecular complexity index is 531. The van der Waals surface area contributed by atoms with Gasteiger partial charge in [-0.2, -0.15) is 0 Å². The van der Waals surface area contributed by atoms with Gasteiger partial charge in [0.2, 0.25) is 0 Å². The lowest BCUT2D eigenvalue weighted by atomic mass is 10.1. The molecule has 0 aliphatic carbocycles. The van der Waals surface area contributed by atoms with Gasteiger partial charge in [0.15, 0.2) is 0 Å². The van der Waals surface area contributed by atoms with Gasteiger partial charge in [-0.25, -0.2) is 0 Å². The number of nitrogens with zero attached hydrogens (tertiary/aromatic N) is 3. The quantitative estimate of drug-likeness (QED) is 0.847. The summed E-state index contributed by atoms with van der Waals surface area (Å²) in [5.74, 6) is 0.637. The molecule has 3 rings (SSSR count). The molecule has 4 heteroatoms. The van der Waals surface area contributed by atoms with Crippen molar-refractivity contribution in [1.29, 1.82) is 0 Å². The number of aryl methyl sites for hydroxylation is 1. The largest absolute Gasteiger partial charge is 0.369 e. The number of hydrogen-bond acceptors (Lipinski definition) is 3. The first-order valence-corrected chi connectivity index (χ1v) is 6.14. The standard InChI is InChI=1S/C13H18N4/c1-16-6-4-11-13(16)12(2-5-15-11)17-7-3-10(8-14)9-17/h2,4-6,10H,3,7-9,14H2,1H3. The minimum absolute atomic E-state index is 0.637. The molecule has 2 N–H and O–H groups in total. The second-order valence-electron chi connectivity index (χ2n) is 4.83. The number of aromatic nitrogens is 2. The van der Waals surface area contributed by atoms with Crippen molar-refractivity contribution in [2.45, 2.75) is 6.42 Å². The Balaban J connectivity index is 2.03. The highest BCUT2D eigenvalue weighted by atomic mass is 15.2. The maximum absolute atomic E-state index is 5.75. The third-order valence-electron chi connectivity index (χ3n) is 3.70. The van der Waals surface area contributed by atoms with Crippen LogP contribution in [0.25, 0.3) is 11.0 Å². The fraction of sp³-hybridized carbons (Fsp3) is 0.462. The maximum atomic E-state index is 5.75. The molecule has 0 saturated carbocycles. The lowest BCUT2D eigenvalue weighted by molar-refractivity contribution is 0.603. The number of hydrogen-bond donors (Lipinski definition) is 1. The molecular weight excluding hydrogens is 212 g/mol. The molecule has 3 heterocycles. The van der Waals surface area contributed by atoms with Gasteiger partial charge in [-0.1, -0.05) is 0 Å². The highest BCUT2D eigenvalue weighted by Crippen LogP contribution is 2.29. The molecule has 17 heavy (non-hydrogen) atoms. The van der Waals surface area contributed by atoms with E-state index in [4.69, 9.17) is 5.73 Å². The first-order chi connectivity index (χ1) is 8.29. The van der Waals surface area contributed by atoms with Crippen molar-refractivity contribution in [3.05, 3.63) is 24.5 Å². The van der Waals surface area contributed by atoms with Crippen LogP contribution >= 0.6 is 0 Å². The van der Waals surface area contributed by atoms with Gasteiger partial charge in [-0.15, -0.1) is 0 Å². The van der Waals surface area contributed by atoms with Crippen molar-refractivity contribution >= 4 is 16.7 Å². The van der Waals surface area contributed by atoms with Gasteiger partial charge >= 0.3 is 0 Å². The minimum Gasteiger partial charge on any atom is -0.369 e. The fourth-order valence-corrected chi connectivity index (χ4v) is 2.70. The van der Waals surface area contributed by atoms with Crippen LogP contribution in [0.2, 0.25) is 0 Å². The molecule has 1 aliphatic rings. The van der Waals surface area contributed by atoms with Crippen molar-refractivity contribution in [1.82, 2.24) is 9.55 Å². The maximum Gasteiger partial charge on any atom is 0.0903 e. The Hall–Kier alpha value is -1.55. The van der Waals surface area contributed by atoms with Crippen LogP contribution in [0.5, 0.6) is 0 Å². The van der Waals surface area contributed by atoms with Crippen LogP contribution in [0.4, 0.5) is 5.69 Å². The summed E-state index contributed by atoms with van der Waals surface area (Å²) in [6, 6.07) is 4.18. The van der Waals surface area contributed by atoms with Crippen LogP contribution in [-0.4, -0.2) is 29.2 Å². The second kappa shape index (κ2) is 4.04.